The van der Waals surface area contributed by atoms with E-state index in [9.17, 15) is 14.0 Å². The molecule has 0 heterocycles. The lowest BCUT2D eigenvalue weighted by Crippen LogP contribution is -2.15. The fraction of sp³-hybridized carbons (Fsp3) is 0.0909. The fourth-order valence-corrected chi connectivity index (χ4v) is 2.85. The molecule has 0 saturated heterocycles. The first-order valence-corrected chi connectivity index (χ1v) is 8.84. The molecule has 3 aromatic rings. The molecule has 0 spiro atoms. The molecule has 27 heavy (non-hydrogen) atoms. The summed E-state index contributed by atoms with van der Waals surface area (Å²) >= 11 is 6.04. The molecule has 136 valence electrons. The Morgan fingerprint density at radius 2 is 1.63 bits per heavy atom. The zero-order valence-corrected chi connectivity index (χ0v) is 15.2. The maximum Gasteiger partial charge on any atom is 0.224 e. The number of anilines is 1. The van der Waals surface area contributed by atoms with Gasteiger partial charge in [-0.1, -0.05) is 54.1 Å². The number of ketones is 1. The number of benzene rings is 3. The van der Waals surface area contributed by atoms with Crippen LogP contribution in [0.25, 0.3) is 0 Å². The summed E-state index contributed by atoms with van der Waals surface area (Å²) in [7, 11) is 0. The number of nitrogens with one attached hydrogen (secondary N) is 1. The van der Waals surface area contributed by atoms with Crippen LogP contribution in [0.1, 0.15) is 27.9 Å². The molecule has 1 N–H and O–H groups in total. The Kier molecular flexibility index (Phi) is 5.99. The molecule has 0 aliphatic carbocycles. The van der Waals surface area contributed by atoms with Gasteiger partial charge in [0, 0.05) is 22.6 Å². The maximum atomic E-state index is 12.9. The summed E-state index contributed by atoms with van der Waals surface area (Å²) < 4.78 is 12.9. The topological polar surface area (TPSA) is 46.2 Å². The van der Waals surface area contributed by atoms with E-state index in [4.69, 9.17) is 11.6 Å². The SMILES string of the molecule is O=C(CCc1ccc(F)cc1)Nc1ccc(Cl)cc1C(=O)c1ccccc1. The van der Waals surface area contributed by atoms with Gasteiger partial charge in [-0.15, -0.1) is 0 Å². The van der Waals surface area contributed by atoms with E-state index in [0.717, 1.165) is 5.56 Å². The molecule has 5 heteroatoms. The Bertz CT molecular complexity index is 956. The van der Waals surface area contributed by atoms with Gasteiger partial charge in [-0.3, -0.25) is 9.59 Å². The molecule has 3 rings (SSSR count). The lowest BCUT2D eigenvalue weighted by atomic mass is 10.0. The highest BCUT2D eigenvalue weighted by Gasteiger charge is 2.16. The van der Waals surface area contributed by atoms with Gasteiger partial charge in [0.2, 0.25) is 5.91 Å². The Morgan fingerprint density at radius 1 is 0.926 bits per heavy atom. The van der Waals surface area contributed by atoms with Crippen LogP contribution >= 0.6 is 11.6 Å². The Balaban J connectivity index is 1.73. The quantitative estimate of drug-likeness (QED) is 0.590. The summed E-state index contributed by atoms with van der Waals surface area (Å²) in [5.41, 5.74) is 2.13. The van der Waals surface area contributed by atoms with Gasteiger partial charge >= 0.3 is 0 Å². The first-order chi connectivity index (χ1) is 13.0. The van der Waals surface area contributed by atoms with Gasteiger partial charge in [-0.25, -0.2) is 4.39 Å². The standard InChI is InChI=1S/C22H17ClFNO2/c23-17-9-12-20(19(14-17)22(27)16-4-2-1-3-5-16)25-21(26)13-8-15-6-10-18(24)11-7-15/h1-7,9-12,14H,8,13H2,(H,25,26). The molecule has 0 unspecified atom stereocenters. The largest absolute Gasteiger partial charge is 0.325 e. The number of amides is 1. The second-order valence-electron chi connectivity index (χ2n) is 6.06. The number of aryl methyl sites for hydroxylation is 1. The van der Waals surface area contributed by atoms with E-state index in [1.165, 1.54) is 12.1 Å². The van der Waals surface area contributed by atoms with Crippen LogP contribution in [-0.4, -0.2) is 11.7 Å². The predicted molar refractivity (Wildman–Crippen MR) is 105 cm³/mol. The molecule has 0 radical (unpaired) electrons. The van der Waals surface area contributed by atoms with E-state index in [1.807, 2.05) is 6.07 Å². The molecular formula is C22H17ClFNO2. The molecule has 0 aliphatic heterocycles. The Labute approximate surface area is 161 Å². The van der Waals surface area contributed by atoms with Crippen LogP contribution in [-0.2, 0) is 11.2 Å². The van der Waals surface area contributed by atoms with Crippen molar-refractivity contribution in [3.8, 4) is 0 Å². The zero-order chi connectivity index (χ0) is 19.2. The summed E-state index contributed by atoms with van der Waals surface area (Å²) in [5.74, 6) is -0.760. The molecule has 0 saturated carbocycles. The van der Waals surface area contributed by atoms with E-state index in [0.29, 0.717) is 28.3 Å². The molecule has 0 atom stereocenters. The number of rotatable bonds is 6. The van der Waals surface area contributed by atoms with Gasteiger partial charge in [-0.05, 0) is 42.3 Å². The average Bonchev–Trinajstić information content (AvgIpc) is 2.69. The van der Waals surface area contributed by atoms with Crippen molar-refractivity contribution >= 4 is 29.0 Å². The van der Waals surface area contributed by atoms with E-state index in [1.54, 1.807) is 54.6 Å². The summed E-state index contributed by atoms with van der Waals surface area (Å²) in [6.07, 6.45) is 0.689. The number of carbonyl (C=O) groups is 2. The third-order valence-electron chi connectivity index (χ3n) is 4.09. The first-order valence-electron chi connectivity index (χ1n) is 8.46. The van der Waals surface area contributed by atoms with Crippen molar-refractivity contribution < 1.29 is 14.0 Å². The Hall–Kier alpha value is -2.98. The van der Waals surface area contributed by atoms with Gasteiger partial charge in [0.25, 0.3) is 0 Å². The third kappa shape index (κ3) is 5.02. The third-order valence-corrected chi connectivity index (χ3v) is 4.33. The normalized spacial score (nSPS) is 10.4. The molecule has 1 amide bonds. The van der Waals surface area contributed by atoms with E-state index in [-0.39, 0.29) is 23.9 Å². The Morgan fingerprint density at radius 3 is 2.33 bits per heavy atom. The van der Waals surface area contributed by atoms with Crippen LogP contribution in [0.15, 0.2) is 72.8 Å². The van der Waals surface area contributed by atoms with Crippen LogP contribution in [0.2, 0.25) is 5.02 Å². The molecule has 3 nitrogen and oxygen atoms in total. The second kappa shape index (κ2) is 8.60. The highest BCUT2D eigenvalue weighted by atomic mass is 35.5. The van der Waals surface area contributed by atoms with Crippen molar-refractivity contribution in [3.63, 3.8) is 0 Å². The number of halogens is 2. The van der Waals surface area contributed by atoms with Gasteiger partial charge in [0.05, 0.1) is 5.69 Å². The number of hydrogen-bond donors (Lipinski definition) is 1. The molecular weight excluding hydrogens is 365 g/mol. The maximum absolute atomic E-state index is 12.9. The second-order valence-corrected chi connectivity index (χ2v) is 6.50. The van der Waals surface area contributed by atoms with Crippen LogP contribution in [0, 0.1) is 5.82 Å². The smallest absolute Gasteiger partial charge is 0.224 e. The van der Waals surface area contributed by atoms with E-state index in [2.05, 4.69) is 5.32 Å². The highest BCUT2D eigenvalue weighted by Crippen LogP contribution is 2.24. The minimum atomic E-state index is -0.312. The molecule has 3 aromatic carbocycles. The minimum Gasteiger partial charge on any atom is -0.325 e. The summed E-state index contributed by atoms with van der Waals surface area (Å²) in [4.78, 5) is 25.1. The minimum absolute atomic E-state index is 0.216. The molecule has 0 aliphatic rings. The molecule has 0 bridgehead atoms. The lowest BCUT2D eigenvalue weighted by Gasteiger charge is -2.11. The van der Waals surface area contributed by atoms with Crippen molar-refractivity contribution in [3.05, 3.63) is 100 Å². The number of carbonyl (C=O) groups excluding carboxylic acids is 2. The van der Waals surface area contributed by atoms with Crippen molar-refractivity contribution in [1.29, 1.82) is 0 Å². The average molecular weight is 382 g/mol. The summed E-state index contributed by atoms with van der Waals surface area (Å²) in [5, 5.41) is 3.19. The van der Waals surface area contributed by atoms with Crippen LogP contribution in [0.3, 0.4) is 0 Å². The summed E-state index contributed by atoms with van der Waals surface area (Å²) in [6.45, 7) is 0. The van der Waals surface area contributed by atoms with Crippen molar-refractivity contribution in [2.75, 3.05) is 5.32 Å². The number of hydrogen-bond acceptors (Lipinski definition) is 2. The molecule has 0 aromatic heterocycles. The van der Waals surface area contributed by atoms with Crippen molar-refractivity contribution in [2.45, 2.75) is 12.8 Å². The van der Waals surface area contributed by atoms with Crippen molar-refractivity contribution in [1.82, 2.24) is 0 Å². The molecule has 0 fully saturated rings. The van der Waals surface area contributed by atoms with Crippen molar-refractivity contribution in [2.24, 2.45) is 0 Å². The van der Waals surface area contributed by atoms with Crippen LogP contribution in [0.4, 0.5) is 10.1 Å². The van der Waals surface area contributed by atoms with E-state index >= 15 is 0 Å². The predicted octanol–water partition coefficient (Wildman–Crippen LogP) is 5.28. The fourth-order valence-electron chi connectivity index (χ4n) is 2.68. The van der Waals surface area contributed by atoms with Crippen LogP contribution in [0.5, 0.6) is 0 Å². The highest BCUT2D eigenvalue weighted by molar-refractivity contribution is 6.31. The zero-order valence-electron chi connectivity index (χ0n) is 14.4. The monoisotopic (exact) mass is 381 g/mol. The van der Waals surface area contributed by atoms with E-state index < -0.39 is 0 Å². The van der Waals surface area contributed by atoms with Gasteiger partial charge < -0.3 is 5.32 Å². The van der Waals surface area contributed by atoms with Crippen LogP contribution < -0.4 is 5.32 Å². The van der Waals surface area contributed by atoms with Gasteiger partial charge in [0.15, 0.2) is 5.78 Å². The summed E-state index contributed by atoms with van der Waals surface area (Å²) in [6, 6.07) is 19.6. The lowest BCUT2D eigenvalue weighted by molar-refractivity contribution is -0.116. The first kappa shape index (κ1) is 18.8. The van der Waals surface area contributed by atoms with Gasteiger partial charge in [0.1, 0.15) is 5.82 Å². The van der Waals surface area contributed by atoms with Gasteiger partial charge in [-0.2, -0.15) is 0 Å².